The van der Waals surface area contributed by atoms with Gasteiger partial charge in [0.1, 0.15) is 5.75 Å². The molecule has 2 atom stereocenters. The number of hydrogen-bond donors (Lipinski definition) is 1. The summed E-state index contributed by atoms with van der Waals surface area (Å²) in [4.78, 5) is 14.5. The minimum atomic E-state index is 0.0500. The summed E-state index contributed by atoms with van der Waals surface area (Å²) in [6, 6.07) is 5.46. The van der Waals surface area contributed by atoms with Gasteiger partial charge in [0.2, 0.25) is 0 Å². The molecule has 5 heteroatoms. The number of rotatable bonds is 2. The second kappa shape index (κ2) is 5.74. The predicted molar refractivity (Wildman–Crippen MR) is 79.8 cm³/mol. The van der Waals surface area contributed by atoms with E-state index < -0.39 is 0 Å². The quantitative estimate of drug-likeness (QED) is 0.844. The van der Waals surface area contributed by atoms with E-state index >= 15 is 0 Å². The Bertz CT molecular complexity index is 479. The van der Waals surface area contributed by atoms with Crippen LogP contribution < -0.4 is 10.5 Å². The first kappa shape index (κ1) is 14.1. The number of carbonyl (C=O) groups is 1. The van der Waals surface area contributed by atoms with Crippen LogP contribution in [-0.4, -0.2) is 41.5 Å². The maximum atomic E-state index is 12.5. The fourth-order valence-corrected chi connectivity index (χ4v) is 3.35. The molecule has 2 rings (SSSR count). The molecule has 1 aromatic carbocycles. The lowest BCUT2D eigenvalue weighted by Gasteiger charge is -2.37. The third-order valence-corrected chi connectivity index (χ3v) is 4.96. The summed E-state index contributed by atoms with van der Waals surface area (Å²) in [5, 5.41) is 0.466. The average Bonchev–Trinajstić information content (AvgIpc) is 2.41. The summed E-state index contributed by atoms with van der Waals surface area (Å²) in [5.74, 6) is 1.64. The summed E-state index contributed by atoms with van der Waals surface area (Å²) in [5.41, 5.74) is 6.99. The van der Waals surface area contributed by atoms with E-state index in [-0.39, 0.29) is 11.9 Å². The van der Waals surface area contributed by atoms with E-state index in [9.17, 15) is 4.79 Å². The van der Waals surface area contributed by atoms with Gasteiger partial charge in [-0.25, -0.2) is 0 Å². The molecule has 2 unspecified atom stereocenters. The van der Waals surface area contributed by atoms with E-state index in [1.807, 2.05) is 16.7 Å². The number of methoxy groups -OCH3 is 1. The highest BCUT2D eigenvalue weighted by Crippen LogP contribution is 2.27. The molecular formula is C14H20N2O2S. The van der Waals surface area contributed by atoms with E-state index in [1.165, 1.54) is 0 Å². The van der Waals surface area contributed by atoms with Crippen LogP contribution in [0.3, 0.4) is 0 Å². The van der Waals surface area contributed by atoms with Crippen LogP contribution in [0.25, 0.3) is 0 Å². The number of anilines is 1. The van der Waals surface area contributed by atoms with Gasteiger partial charge >= 0.3 is 0 Å². The van der Waals surface area contributed by atoms with E-state index in [1.54, 1.807) is 25.3 Å². The maximum Gasteiger partial charge on any atom is 0.254 e. The highest BCUT2D eigenvalue weighted by Gasteiger charge is 2.29. The second-order valence-electron chi connectivity index (χ2n) is 4.77. The van der Waals surface area contributed by atoms with Gasteiger partial charge in [0.15, 0.2) is 0 Å². The number of nitrogens with two attached hydrogens (primary N) is 1. The van der Waals surface area contributed by atoms with Crippen LogP contribution in [0, 0.1) is 0 Å². The Balaban J connectivity index is 2.21. The molecular weight excluding hydrogens is 260 g/mol. The minimum Gasteiger partial charge on any atom is -0.495 e. The summed E-state index contributed by atoms with van der Waals surface area (Å²) in [6.07, 6.45) is 0. The van der Waals surface area contributed by atoms with Crippen molar-refractivity contribution < 1.29 is 9.53 Å². The normalized spacial score (nSPS) is 23.2. The summed E-state index contributed by atoms with van der Waals surface area (Å²) < 4.78 is 5.11. The monoisotopic (exact) mass is 280 g/mol. The second-order valence-corrected chi connectivity index (χ2v) is 6.26. The molecule has 1 amide bonds. The zero-order valence-electron chi connectivity index (χ0n) is 11.6. The predicted octanol–water partition coefficient (Wildman–Crippen LogP) is 2.24. The molecule has 1 aliphatic heterocycles. The van der Waals surface area contributed by atoms with Gasteiger partial charge in [-0.15, -0.1) is 0 Å². The van der Waals surface area contributed by atoms with Crippen molar-refractivity contribution in [1.29, 1.82) is 0 Å². The van der Waals surface area contributed by atoms with Crippen molar-refractivity contribution in [2.75, 3.05) is 25.1 Å². The Hall–Kier alpha value is -1.36. The van der Waals surface area contributed by atoms with Crippen LogP contribution in [0.2, 0.25) is 0 Å². The molecule has 0 aliphatic carbocycles. The van der Waals surface area contributed by atoms with Crippen LogP contribution in [-0.2, 0) is 0 Å². The number of nitrogens with zero attached hydrogens (tertiary/aromatic N) is 1. The summed E-state index contributed by atoms with van der Waals surface area (Å²) >= 11 is 1.91. The Morgan fingerprint density at radius 3 is 2.84 bits per heavy atom. The smallest absolute Gasteiger partial charge is 0.254 e. The first-order valence-corrected chi connectivity index (χ1v) is 7.45. The topological polar surface area (TPSA) is 55.6 Å². The Labute approximate surface area is 118 Å². The number of amides is 1. The number of thioether (sulfide) groups is 1. The van der Waals surface area contributed by atoms with E-state index in [2.05, 4.69) is 13.8 Å². The largest absolute Gasteiger partial charge is 0.495 e. The fourth-order valence-electron chi connectivity index (χ4n) is 2.25. The third-order valence-electron chi connectivity index (χ3n) is 3.62. The molecule has 19 heavy (non-hydrogen) atoms. The standard InChI is InChI=1S/C14H20N2O2S/c1-9-10(2)19-7-6-16(9)14(17)11-4-5-13(18-3)12(15)8-11/h4-5,8-10H,6-7,15H2,1-3H3. The van der Waals surface area contributed by atoms with E-state index in [0.717, 1.165) is 12.3 Å². The highest BCUT2D eigenvalue weighted by atomic mass is 32.2. The number of nitrogen functional groups attached to an aromatic ring is 1. The minimum absolute atomic E-state index is 0.0500. The van der Waals surface area contributed by atoms with E-state index in [4.69, 9.17) is 10.5 Å². The van der Waals surface area contributed by atoms with Crippen molar-refractivity contribution in [1.82, 2.24) is 4.90 Å². The van der Waals surface area contributed by atoms with Crippen LogP contribution in [0.15, 0.2) is 18.2 Å². The number of carbonyl (C=O) groups excluding carboxylic acids is 1. The Kier molecular flexibility index (Phi) is 4.24. The molecule has 1 saturated heterocycles. The molecule has 2 N–H and O–H groups in total. The number of benzene rings is 1. The van der Waals surface area contributed by atoms with Gasteiger partial charge in [-0.3, -0.25) is 4.79 Å². The highest BCUT2D eigenvalue weighted by molar-refractivity contribution is 8.00. The van der Waals surface area contributed by atoms with Crippen LogP contribution in [0.1, 0.15) is 24.2 Å². The first-order valence-electron chi connectivity index (χ1n) is 6.40. The van der Waals surface area contributed by atoms with Gasteiger partial charge in [0.25, 0.3) is 5.91 Å². The number of ether oxygens (including phenoxy) is 1. The van der Waals surface area contributed by atoms with Gasteiger partial charge < -0.3 is 15.4 Å². The van der Waals surface area contributed by atoms with Gasteiger partial charge in [0.05, 0.1) is 12.8 Å². The van der Waals surface area contributed by atoms with Crippen molar-refractivity contribution >= 4 is 23.4 Å². The molecule has 1 heterocycles. The molecule has 104 valence electrons. The van der Waals surface area contributed by atoms with Gasteiger partial charge in [-0.2, -0.15) is 11.8 Å². The summed E-state index contributed by atoms with van der Waals surface area (Å²) in [7, 11) is 1.57. The lowest BCUT2D eigenvalue weighted by Crippen LogP contribution is -2.47. The zero-order chi connectivity index (χ0) is 14.0. The van der Waals surface area contributed by atoms with Crippen molar-refractivity contribution in [3.63, 3.8) is 0 Å². The van der Waals surface area contributed by atoms with Crippen LogP contribution >= 0.6 is 11.8 Å². The summed E-state index contributed by atoms with van der Waals surface area (Å²) in [6.45, 7) is 5.06. The molecule has 1 aliphatic rings. The molecule has 1 aromatic rings. The average molecular weight is 280 g/mol. The number of hydrogen-bond acceptors (Lipinski definition) is 4. The lowest BCUT2D eigenvalue weighted by molar-refractivity contribution is 0.0698. The third kappa shape index (κ3) is 2.81. The van der Waals surface area contributed by atoms with Crippen molar-refractivity contribution in [2.45, 2.75) is 25.1 Å². The van der Waals surface area contributed by atoms with E-state index in [0.29, 0.717) is 22.3 Å². The van der Waals surface area contributed by atoms with Crippen molar-refractivity contribution in [3.05, 3.63) is 23.8 Å². The van der Waals surface area contributed by atoms with Crippen molar-refractivity contribution in [3.8, 4) is 5.75 Å². The van der Waals surface area contributed by atoms with Crippen LogP contribution in [0.5, 0.6) is 5.75 Å². The molecule has 0 bridgehead atoms. The van der Waals surface area contributed by atoms with Crippen LogP contribution in [0.4, 0.5) is 5.69 Å². The van der Waals surface area contributed by atoms with Gasteiger partial charge in [-0.1, -0.05) is 6.92 Å². The zero-order valence-corrected chi connectivity index (χ0v) is 12.4. The Morgan fingerprint density at radius 2 is 2.21 bits per heavy atom. The Morgan fingerprint density at radius 1 is 1.47 bits per heavy atom. The van der Waals surface area contributed by atoms with Crippen molar-refractivity contribution in [2.24, 2.45) is 0 Å². The molecule has 0 spiro atoms. The molecule has 0 radical (unpaired) electrons. The van der Waals surface area contributed by atoms with Gasteiger partial charge in [0, 0.05) is 29.2 Å². The molecule has 0 aromatic heterocycles. The molecule has 1 fully saturated rings. The fraction of sp³-hybridized carbons (Fsp3) is 0.500. The van der Waals surface area contributed by atoms with Gasteiger partial charge in [-0.05, 0) is 25.1 Å². The molecule has 4 nitrogen and oxygen atoms in total. The lowest BCUT2D eigenvalue weighted by atomic mass is 10.1. The first-order chi connectivity index (χ1) is 9.04. The maximum absolute atomic E-state index is 12.5. The molecule has 0 saturated carbocycles. The SMILES string of the molecule is COc1ccc(C(=O)N2CCSC(C)C2C)cc1N.